The largest absolute Gasteiger partial charge is 0.390 e. The number of rotatable bonds is 1. The molecule has 3 heteroatoms. The molecule has 0 atom stereocenters. The second-order valence-electron chi connectivity index (χ2n) is 3.06. The maximum absolute atomic E-state index is 9.03. The lowest BCUT2D eigenvalue weighted by molar-refractivity contribution is 0.273. The Labute approximate surface area is 81.4 Å². The average Bonchev–Trinajstić information content (AvgIpc) is 2.44. The van der Waals surface area contributed by atoms with Gasteiger partial charge >= 0.3 is 0 Å². The number of nitrogens with zero attached hydrogens (tertiary/aromatic N) is 1. The van der Waals surface area contributed by atoms with Gasteiger partial charge in [-0.3, -0.25) is 0 Å². The Morgan fingerprint density at radius 3 is 2.85 bits per heavy atom. The molecule has 0 aliphatic rings. The van der Waals surface area contributed by atoms with E-state index in [0.29, 0.717) is 0 Å². The minimum atomic E-state index is 0.0583. The van der Waals surface area contributed by atoms with Crippen LogP contribution in [-0.2, 0) is 13.7 Å². The van der Waals surface area contributed by atoms with Crippen molar-refractivity contribution in [2.24, 2.45) is 7.05 Å². The molecule has 2 aromatic rings. The van der Waals surface area contributed by atoms with Crippen LogP contribution < -0.4 is 0 Å². The zero-order valence-electron chi connectivity index (χ0n) is 7.29. The van der Waals surface area contributed by atoms with Crippen molar-refractivity contribution in [1.82, 2.24) is 4.57 Å². The van der Waals surface area contributed by atoms with Gasteiger partial charge in [0.1, 0.15) is 0 Å². The Bertz CT molecular complexity index is 447. The fraction of sp³-hybridized carbons (Fsp3) is 0.200. The summed E-state index contributed by atoms with van der Waals surface area (Å²) in [6.07, 6.45) is 0. The highest BCUT2D eigenvalue weighted by Crippen LogP contribution is 2.22. The first-order valence-electron chi connectivity index (χ1n) is 4.07. The number of hydrogen-bond donors (Lipinski definition) is 1. The van der Waals surface area contributed by atoms with Crippen LogP contribution in [0.3, 0.4) is 0 Å². The quantitative estimate of drug-likeness (QED) is 0.743. The van der Waals surface area contributed by atoms with Gasteiger partial charge in [-0.1, -0.05) is 17.7 Å². The third kappa shape index (κ3) is 1.32. The summed E-state index contributed by atoms with van der Waals surface area (Å²) in [7, 11) is 1.92. The van der Waals surface area contributed by atoms with Gasteiger partial charge in [-0.25, -0.2) is 0 Å². The molecule has 2 nitrogen and oxygen atoms in total. The molecule has 0 bridgehead atoms. The molecule has 0 radical (unpaired) electrons. The maximum Gasteiger partial charge on any atom is 0.0833 e. The Kier molecular flexibility index (Phi) is 2.02. The third-order valence-corrected chi connectivity index (χ3v) is 2.50. The van der Waals surface area contributed by atoms with Crippen LogP contribution in [0.5, 0.6) is 0 Å². The molecule has 0 aliphatic heterocycles. The summed E-state index contributed by atoms with van der Waals surface area (Å²) in [4.78, 5) is 0. The number of aliphatic hydroxyl groups excluding tert-OH is 1. The Morgan fingerprint density at radius 2 is 2.15 bits per heavy atom. The Morgan fingerprint density at radius 1 is 1.38 bits per heavy atom. The van der Waals surface area contributed by atoms with E-state index in [9.17, 15) is 0 Å². The first-order chi connectivity index (χ1) is 6.22. The molecule has 13 heavy (non-hydrogen) atoms. The predicted molar refractivity (Wildman–Crippen MR) is 53.9 cm³/mol. The predicted octanol–water partition coefficient (Wildman–Crippen LogP) is 2.32. The van der Waals surface area contributed by atoms with E-state index in [1.54, 1.807) is 0 Å². The van der Waals surface area contributed by atoms with E-state index >= 15 is 0 Å². The van der Waals surface area contributed by atoms with Crippen molar-refractivity contribution >= 4 is 22.5 Å². The topological polar surface area (TPSA) is 25.2 Å². The standard InChI is InChI=1S/C10H10ClNO/c1-12-9(6-13)4-7-2-3-8(11)5-10(7)12/h2-5,13H,6H2,1H3. The highest BCUT2D eigenvalue weighted by molar-refractivity contribution is 6.31. The number of aliphatic hydroxyl groups is 1. The number of aromatic nitrogens is 1. The van der Waals surface area contributed by atoms with Gasteiger partial charge in [0.05, 0.1) is 6.61 Å². The number of benzene rings is 1. The van der Waals surface area contributed by atoms with Crippen LogP contribution in [0.1, 0.15) is 5.69 Å². The van der Waals surface area contributed by atoms with Gasteiger partial charge in [0.25, 0.3) is 0 Å². The normalized spacial score (nSPS) is 11.0. The van der Waals surface area contributed by atoms with Crippen LogP contribution >= 0.6 is 11.6 Å². The van der Waals surface area contributed by atoms with Crippen LogP contribution in [0, 0.1) is 0 Å². The number of aryl methyl sites for hydroxylation is 1. The molecular weight excluding hydrogens is 186 g/mol. The van der Waals surface area contributed by atoms with Crippen LogP contribution in [0.25, 0.3) is 10.9 Å². The fourth-order valence-corrected chi connectivity index (χ4v) is 1.68. The van der Waals surface area contributed by atoms with Gasteiger partial charge in [0.2, 0.25) is 0 Å². The zero-order valence-corrected chi connectivity index (χ0v) is 8.04. The molecule has 0 amide bonds. The van der Waals surface area contributed by atoms with Crippen molar-refractivity contribution in [3.05, 3.63) is 35.0 Å². The number of fused-ring (bicyclic) bond motifs is 1. The van der Waals surface area contributed by atoms with Crippen LogP contribution in [-0.4, -0.2) is 9.67 Å². The summed E-state index contributed by atoms with van der Waals surface area (Å²) < 4.78 is 1.95. The summed E-state index contributed by atoms with van der Waals surface area (Å²) in [6, 6.07) is 7.67. The molecule has 68 valence electrons. The zero-order chi connectivity index (χ0) is 9.42. The van der Waals surface area contributed by atoms with Crippen molar-refractivity contribution < 1.29 is 5.11 Å². The van der Waals surface area contributed by atoms with E-state index in [0.717, 1.165) is 21.6 Å². The smallest absolute Gasteiger partial charge is 0.0833 e. The second-order valence-corrected chi connectivity index (χ2v) is 3.49. The lowest BCUT2D eigenvalue weighted by atomic mass is 10.2. The molecule has 0 aliphatic carbocycles. The highest BCUT2D eigenvalue weighted by Gasteiger charge is 2.04. The van der Waals surface area contributed by atoms with Gasteiger partial charge in [-0.15, -0.1) is 0 Å². The molecule has 0 unspecified atom stereocenters. The average molecular weight is 196 g/mol. The molecule has 2 rings (SSSR count). The molecule has 0 spiro atoms. The summed E-state index contributed by atoms with van der Waals surface area (Å²) in [5, 5.41) is 10.9. The summed E-state index contributed by atoms with van der Waals surface area (Å²) in [5.41, 5.74) is 1.95. The Hall–Kier alpha value is -0.990. The number of halogens is 1. The van der Waals surface area contributed by atoms with E-state index in [4.69, 9.17) is 16.7 Å². The minimum Gasteiger partial charge on any atom is -0.390 e. The molecule has 1 aromatic heterocycles. The van der Waals surface area contributed by atoms with Gasteiger partial charge in [0.15, 0.2) is 0 Å². The monoisotopic (exact) mass is 195 g/mol. The number of hydrogen-bond acceptors (Lipinski definition) is 1. The first-order valence-corrected chi connectivity index (χ1v) is 4.45. The van der Waals surface area contributed by atoms with Crippen molar-refractivity contribution in [1.29, 1.82) is 0 Å². The van der Waals surface area contributed by atoms with Crippen LogP contribution in [0.2, 0.25) is 5.02 Å². The molecule has 1 N–H and O–H groups in total. The van der Waals surface area contributed by atoms with E-state index in [1.807, 2.05) is 35.9 Å². The summed E-state index contributed by atoms with van der Waals surface area (Å²) in [6.45, 7) is 0.0583. The first kappa shape index (κ1) is 8.60. The van der Waals surface area contributed by atoms with Crippen LogP contribution in [0.4, 0.5) is 0 Å². The molecule has 0 fully saturated rings. The van der Waals surface area contributed by atoms with E-state index in [-0.39, 0.29) is 6.61 Å². The highest BCUT2D eigenvalue weighted by atomic mass is 35.5. The van der Waals surface area contributed by atoms with Gasteiger partial charge in [0, 0.05) is 28.7 Å². The van der Waals surface area contributed by atoms with Crippen LogP contribution in [0.15, 0.2) is 24.3 Å². The summed E-state index contributed by atoms with van der Waals surface area (Å²) >= 11 is 5.87. The molecule has 1 aromatic carbocycles. The molecule has 0 saturated carbocycles. The van der Waals surface area contributed by atoms with Crippen molar-refractivity contribution in [3.63, 3.8) is 0 Å². The SMILES string of the molecule is Cn1c(CO)cc2ccc(Cl)cc21. The fourth-order valence-electron chi connectivity index (χ4n) is 1.51. The lowest BCUT2D eigenvalue weighted by Gasteiger charge is -1.99. The maximum atomic E-state index is 9.03. The lowest BCUT2D eigenvalue weighted by Crippen LogP contribution is -1.94. The Balaban J connectivity index is 2.77. The van der Waals surface area contributed by atoms with Gasteiger partial charge < -0.3 is 9.67 Å². The van der Waals surface area contributed by atoms with E-state index in [1.165, 1.54) is 0 Å². The second kappa shape index (κ2) is 3.05. The molecule has 1 heterocycles. The molecular formula is C10H10ClNO. The van der Waals surface area contributed by atoms with Gasteiger partial charge in [-0.2, -0.15) is 0 Å². The third-order valence-electron chi connectivity index (χ3n) is 2.27. The van der Waals surface area contributed by atoms with Gasteiger partial charge in [-0.05, 0) is 18.2 Å². The van der Waals surface area contributed by atoms with Crippen molar-refractivity contribution in [2.75, 3.05) is 0 Å². The minimum absolute atomic E-state index is 0.0583. The molecule has 0 saturated heterocycles. The summed E-state index contributed by atoms with van der Waals surface area (Å²) in [5.74, 6) is 0. The van der Waals surface area contributed by atoms with Crippen molar-refractivity contribution in [2.45, 2.75) is 6.61 Å². The van der Waals surface area contributed by atoms with Crippen molar-refractivity contribution in [3.8, 4) is 0 Å². The van der Waals surface area contributed by atoms with E-state index in [2.05, 4.69) is 0 Å². The van der Waals surface area contributed by atoms with E-state index < -0.39 is 0 Å².